The molecule has 11 heteroatoms. The third-order valence-electron chi connectivity index (χ3n) is 8.12. The number of rotatable bonds is 9. The first-order chi connectivity index (χ1) is 20.3. The van der Waals surface area contributed by atoms with Crippen molar-refractivity contribution in [2.75, 3.05) is 39.8 Å². The lowest BCUT2D eigenvalue weighted by Gasteiger charge is -2.34. The molecule has 0 aliphatic carbocycles. The molecule has 0 radical (unpaired) electrons. The quantitative estimate of drug-likeness (QED) is 0.383. The number of piperidine rings is 2. The number of ether oxygens (including phenoxy) is 1. The molecule has 2 aromatic heterocycles. The fraction of sp³-hybridized carbons (Fsp3) is 0.452. The van der Waals surface area contributed by atoms with Crippen LogP contribution in [-0.4, -0.2) is 83.5 Å². The van der Waals surface area contributed by atoms with Gasteiger partial charge < -0.3 is 19.5 Å². The van der Waals surface area contributed by atoms with Gasteiger partial charge in [-0.25, -0.2) is 4.39 Å². The maximum atomic E-state index is 14.8. The van der Waals surface area contributed by atoms with Crippen molar-refractivity contribution in [2.24, 2.45) is 11.8 Å². The normalized spacial score (nSPS) is 19.8. The lowest BCUT2D eigenvalue weighted by molar-refractivity contribution is 0.0645. The number of amides is 2. The molecule has 2 aliphatic rings. The number of hydrogen-bond acceptors (Lipinski definition) is 8. The summed E-state index contributed by atoms with van der Waals surface area (Å²) in [7, 11) is 1.58. The zero-order valence-corrected chi connectivity index (χ0v) is 23.9. The minimum absolute atomic E-state index is 0.0736. The fourth-order valence-electron chi connectivity index (χ4n) is 5.59. The van der Waals surface area contributed by atoms with Gasteiger partial charge in [0.2, 0.25) is 0 Å². The largest absolute Gasteiger partial charge is 0.497 e. The molecule has 0 bridgehead atoms. The van der Waals surface area contributed by atoms with Gasteiger partial charge in [0.05, 0.1) is 18.4 Å². The predicted molar refractivity (Wildman–Crippen MR) is 152 cm³/mol. The molecular formula is C31H36FN5O5. The Kier molecular flexibility index (Phi) is 9.26. The number of likely N-dealkylation sites (tertiary alicyclic amines) is 2. The summed E-state index contributed by atoms with van der Waals surface area (Å²) in [5, 5.41) is 6.79. The molecule has 1 N–H and O–H groups in total. The van der Waals surface area contributed by atoms with Gasteiger partial charge in [-0.2, -0.15) is 0 Å². The Morgan fingerprint density at radius 3 is 2.40 bits per heavy atom. The lowest BCUT2D eigenvalue weighted by atomic mass is 9.88. The number of methoxy groups -OCH3 is 1. The van der Waals surface area contributed by atoms with Gasteiger partial charge in [0.25, 0.3) is 11.8 Å². The van der Waals surface area contributed by atoms with Gasteiger partial charge in [-0.1, -0.05) is 5.16 Å². The van der Waals surface area contributed by atoms with Gasteiger partial charge in [0.1, 0.15) is 23.4 Å². The van der Waals surface area contributed by atoms with Crippen LogP contribution < -0.4 is 10.1 Å². The van der Waals surface area contributed by atoms with Crippen LogP contribution in [0.25, 0.3) is 0 Å². The summed E-state index contributed by atoms with van der Waals surface area (Å²) in [6, 6.07) is 12.0. The van der Waals surface area contributed by atoms with Crippen molar-refractivity contribution in [3.63, 3.8) is 0 Å². The third-order valence-corrected chi connectivity index (χ3v) is 8.12. The highest BCUT2D eigenvalue weighted by Crippen LogP contribution is 2.25. The number of hydrogen-bond donors (Lipinski definition) is 1. The molecule has 2 saturated heterocycles. The van der Waals surface area contributed by atoms with Crippen molar-refractivity contribution < 1.29 is 28.0 Å². The summed E-state index contributed by atoms with van der Waals surface area (Å²) < 4.78 is 25.1. The smallest absolute Gasteiger partial charge is 0.272 e. The number of nitrogens with one attached hydrogen (secondary N) is 1. The predicted octanol–water partition coefficient (Wildman–Crippen LogP) is 3.71. The molecule has 2 aliphatic heterocycles. The molecular weight excluding hydrogens is 541 g/mol. The highest BCUT2D eigenvalue weighted by molar-refractivity contribution is 5.98. The summed E-state index contributed by atoms with van der Waals surface area (Å²) in [6.45, 7) is 4.47. The zero-order valence-electron chi connectivity index (χ0n) is 23.9. The summed E-state index contributed by atoms with van der Waals surface area (Å²) in [6.07, 6.45) is 2.07. The van der Waals surface area contributed by atoms with Crippen LogP contribution in [0.15, 0.2) is 53.2 Å². The summed E-state index contributed by atoms with van der Waals surface area (Å²) in [5.41, 5.74) is 1.97. The molecule has 4 heterocycles. The van der Waals surface area contributed by atoms with Crippen molar-refractivity contribution >= 4 is 17.6 Å². The van der Waals surface area contributed by atoms with E-state index in [4.69, 9.17) is 9.26 Å². The number of Topliss-reactive ketones (excluding diaryl/α,β-unsaturated/α-hetero) is 1. The molecule has 0 spiro atoms. The topological polar surface area (TPSA) is 118 Å². The Balaban J connectivity index is 1.06. The third kappa shape index (κ3) is 7.02. The standard InChI is InChI=1S/C31H36FN5O5/c1-20-15-25(35-42-20)18-36-12-9-23(27(32)19-36)16-34-30(39)24-5-8-28(33-17-24)31(40)37-13-10-22(11-14-37)29(38)21-3-6-26(41-2)7-4-21/h3-8,15,17,22-23,27H,9-14,16,18-19H2,1-2H3,(H,34,39)/t23-,27-/m0/s1. The Morgan fingerprint density at radius 1 is 1.05 bits per heavy atom. The maximum absolute atomic E-state index is 14.8. The van der Waals surface area contributed by atoms with Crippen LogP contribution in [0.2, 0.25) is 0 Å². The van der Waals surface area contributed by atoms with Gasteiger partial charge in [-0.15, -0.1) is 0 Å². The number of aromatic nitrogens is 2. The van der Waals surface area contributed by atoms with E-state index >= 15 is 0 Å². The van der Waals surface area contributed by atoms with Gasteiger partial charge in [0.15, 0.2) is 5.78 Å². The molecule has 2 amide bonds. The van der Waals surface area contributed by atoms with Crippen LogP contribution in [0.1, 0.15) is 61.9 Å². The summed E-state index contributed by atoms with van der Waals surface area (Å²) >= 11 is 0. The first-order valence-corrected chi connectivity index (χ1v) is 14.3. The number of ketones is 1. The van der Waals surface area contributed by atoms with Crippen LogP contribution in [0.3, 0.4) is 0 Å². The molecule has 5 rings (SSSR count). The van der Waals surface area contributed by atoms with Crippen LogP contribution in [-0.2, 0) is 6.54 Å². The van der Waals surface area contributed by atoms with Gasteiger partial charge in [-0.05, 0) is 69.1 Å². The number of halogens is 1. The van der Waals surface area contributed by atoms with Gasteiger partial charge >= 0.3 is 0 Å². The molecule has 2 fully saturated rings. The van der Waals surface area contributed by atoms with Crippen LogP contribution in [0, 0.1) is 18.8 Å². The molecule has 0 saturated carbocycles. The van der Waals surface area contributed by atoms with Crippen molar-refractivity contribution in [3.8, 4) is 5.75 Å². The van der Waals surface area contributed by atoms with Crippen LogP contribution in [0.4, 0.5) is 4.39 Å². The molecule has 1 aromatic carbocycles. The van der Waals surface area contributed by atoms with Crippen molar-refractivity contribution in [2.45, 2.75) is 38.9 Å². The van der Waals surface area contributed by atoms with E-state index < -0.39 is 6.17 Å². The number of carbonyl (C=O) groups is 3. The highest BCUT2D eigenvalue weighted by atomic mass is 19.1. The Bertz CT molecular complexity index is 1390. The number of alkyl halides is 1. The molecule has 2 atom stereocenters. The minimum atomic E-state index is -1.07. The van der Waals surface area contributed by atoms with Crippen molar-refractivity contribution in [1.29, 1.82) is 0 Å². The van der Waals surface area contributed by atoms with E-state index in [2.05, 4.69) is 15.5 Å². The molecule has 222 valence electrons. The van der Waals surface area contributed by atoms with Gasteiger partial charge in [-0.3, -0.25) is 24.3 Å². The zero-order chi connectivity index (χ0) is 29.6. The average molecular weight is 578 g/mol. The maximum Gasteiger partial charge on any atom is 0.272 e. The molecule has 42 heavy (non-hydrogen) atoms. The van der Waals surface area contributed by atoms with E-state index in [0.717, 1.165) is 11.5 Å². The van der Waals surface area contributed by atoms with Crippen LogP contribution >= 0.6 is 0 Å². The lowest BCUT2D eigenvalue weighted by Crippen LogP contribution is -2.45. The van der Waals surface area contributed by atoms with E-state index in [1.54, 1.807) is 42.3 Å². The van der Waals surface area contributed by atoms with Crippen LogP contribution in [0.5, 0.6) is 5.75 Å². The van der Waals surface area contributed by atoms with E-state index in [9.17, 15) is 18.8 Å². The second-order valence-corrected chi connectivity index (χ2v) is 11.0. The van der Waals surface area contributed by atoms with E-state index in [1.165, 1.54) is 12.3 Å². The molecule has 0 unspecified atom stereocenters. The Hall–Kier alpha value is -4.12. The van der Waals surface area contributed by atoms with E-state index in [1.807, 2.05) is 17.9 Å². The first kappa shape index (κ1) is 29.4. The van der Waals surface area contributed by atoms with E-state index in [0.29, 0.717) is 62.3 Å². The van der Waals surface area contributed by atoms with Crippen molar-refractivity contribution in [1.82, 2.24) is 25.3 Å². The second kappa shape index (κ2) is 13.2. The molecule has 10 nitrogen and oxygen atoms in total. The fourth-order valence-corrected chi connectivity index (χ4v) is 5.59. The SMILES string of the molecule is COc1ccc(C(=O)C2CCN(C(=O)c3ccc(C(=O)NC[C@@H]4CCN(Cc5cc(C)on5)C[C@@H]4F)cn3)CC2)cc1. The first-order valence-electron chi connectivity index (χ1n) is 14.3. The minimum Gasteiger partial charge on any atom is -0.497 e. The average Bonchev–Trinajstić information content (AvgIpc) is 3.44. The number of benzene rings is 1. The molecule has 3 aromatic rings. The van der Waals surface area contributed by atoms with Gasteiger partial charge in [0, 0.05) is 62.4 Å². The number of nitrogens with zero attached hydrogens (tertiary/aromatic N) is 4. The van der Waals surface area contributed by atoms with Crippen molar-refractivity contribution in [3.05, 3.63) is 76.9 Å². The number of pyridine rings is 1. The number of carbonyl (C=O) groups excluding carboxylic acids is 3. The highest BCUT2D eigenvalue weighted by Gasteiger charge is 2.31. The Labute approximate surface area is 244 Å². The Morgan fingerprint density at radius 2 is 1.79 bits per heavy atom. The summed E-state index contributed by atoms with van der Waals surface area (Å²) in [5.74, 6) is 0.489. The number of aryl methyl sites for hydroxylation is 1. The summed E-state index contributed by atoms with van der Waals surface area (Å²) in [4.78, 5) is 46.5. The monoisotopic (exact) mass is 577 g/mol. The second-order valence-electron chi connectivity index (χ2n) is 11.0. The van der Waals surface area contributed by atoms with E-state index in [-0.39, 0.29) is 48.2 Å².